The maximum absolute atomic E-state index is 12.6. The summed E-state index contributed by atoms with van der Waals surface area (Å²) in [7, 11) is 0. The Balaban J connectivity index is 1.62. The van der Waals surface area contributed by atoms with Crippen LogP contribution in [-0.4, -0.2) is 21.5 Å². The average molecular weight is 364 g/mol. The van der Waals surface area contributed by atoms with E-state index in [0.29, 0.717) is 17.1 Å². The molecule has 0 saturated carbocycles. The summed E-state index contributed by atoms with van der Waals surface area (Å²) >= 11 is 0. The Morgan fingerprint density at radius 2 is 1.96 bits per heavy atom. The molecule has 2 heterocycles. The molecule has 140 valence electrons. The van der Waals surface area contributed by atoms with Gasteiger partial charge < -0.3 is 14.5 Å². The second kappa shape index (κ2) is 6.41. The van der Waals surface area contributed by atoms with Crippen LogP contribution in [-0.2, 0) is 11.2 Å². The first kappa shape index (κ1) is 17.6. The number of nitrogens with zero attached hydrogens (tertiary/aromatic N) is 1. The van der Waals surface area contributed by atoms with Crippen LogP contribution in [0, 0.1) is 6.92 Å². The minimum atomic E-state index is -0.542. The molecule has 1 aliphatic rings. The molecule has 0 aliphatic heterocycles. The second-order valence-corrected chi connectivity index (χ2v) is 8.02. The number of hydrogen-bond donors (Lipinski definition) is 1. The highest BCUT2D eigenvalue weighted by Gasteiger charge is 2.26. The number of H-pyrrole nitrogens is 1. The van der Waals surface area contributed by atoms with Gasteiger partial charge in [0.15, 0.2) is 0 Å². The number of rotatable bonds is 3. The smallest absolute Gasteiger partial charge is 0.341 e. The summed E-state index contributed by atoms with van der Waals surface area (Å²) in [6.45, 7) is 7.44. The number of nitrogens with one attached hydrogen (secondary N) is 1. The largest absolute Gasteiger partial charge is 0.469 e. The lowest BCUT2D eigenvalue weighted by molar-refractivity contribution is 0.00711. The fourth-order valence-corrected chi connectivity index (χ4v) is 3.62. The van der Waals surface area contributed by atoms with Crippen molar-refractivity contribution in [2.24, 2.45) is 0 Å². The van der Waals surface area contributed by atoms with Crippen molar-refractivity contribution in [3.05, 3.63) is 58.8 Å². The molecule has 1 aliphatic carbocycles. The Morgan fingerprint density at radius 1 is 1.19 bits per heavy atom. The van der Waals surface area contributed by atoms with Crippen LogP contribution < -0.4 is 4.74 Å². The highest BCUT2D eigenvalue weighted by atomic mass is 16.6. The molecule has 0 amide bonds. The fourth-order valence-electron chi connectivity index (χ4n) is 3.62. The number of ether oxygens (including phenoxy) is 2. The van der Waals surface area contributed by atoms with Gasteiger partial charge in [-0.1, -0.05) is 24.3 Å². The van der Waals surface area contributed by atoms with Gasteiger partial charge in [0, 0.05) is 17.1 Å². The number of fused-ring (bicyclic) bond motifs is 2. The summed E-state index contributed by atoms with van der Waals surface area (Å²) in [5, 5.41) is 0.751. The Morgan fingerprint density at radius 3 is 2.74 bits per heavy atom. The minimum Gasteiger partial charge on any atom is -0.469 e. The predicted molar refractivity (Wildman–Crippen MR) is 104 cm³/mol. The molecule has 1 aromatic carbocycles. The van der Waals surface area contributed by atoms with Crippen LogP contribution in [0.15, 0.2) is 36.4 Å². The van der Waals surface area contributed by atoms with Crippen molar-refractivity contribution < 1.29 is 14.3 Å². The monoisotopic (exact) mass is 364 g/mol. The second-order valence-electron chi connectivity index (χ2n) is 8.02. The molecule has 5 nitrogen and oxygen atoms in total. The highest BCUT2D eigenvalue weighted by Crippen LogP contribution is 2.35. The zero-order chi connectivity index (χ0) is 19.2. The highest BCUT2D eigenvalue weighted by molar-refractivity contribution is 6.04. The molecule has 3 aromatic rings. The number of aromatic amines is 1. The molecule has 2 aromatic heterocycles. The summed E-state index contributed by atoms with van der Waals surface area (Å²) in [6.07, 6.45) is 1.99. The standard InChI is InChI=1S/C22H24N2O3/c1-13-19(21(25)27-22(2,3)4)16-10-12-18(24-20(16)23-13)26-17-11-9-14-7-5-6-8-15(14)17/h5-8,10,12,17H,9,11H2,1-4H3,(H,23,24). The number of hydrogen-bond acceptors (Lipinski definition) is 4. The van der Waals surface area contributed by atoms with Gasteiger partial charge in [-0.3, -0.25) is 0 Å². The lowest BCUT2D eigenvalue weighted by Gasteiger charge is -2.19. The molecule has 27 heavy (non-hydrogen) atoms. The maximum Gasteiger partial charge on any atom is 0.341 e. The van der Waals surface area contributed by atoms with E-state index in [0.717, 1.165) is 23.9 Å². The molecule has 0 bridgehead atoms. The first-order valence-electron chi connectivity index (χ1n) is 9.29. The number of benzene rings is 1. The van der Waals surface area contributed by atoms with Gasteiger partial charge in [-0.2, -0.15) is 4.98 Å². The fraction of sp³-hybridized carbons (Fsp3) is 0.364. The number of aromatic nitrogens is 2. The Labute approximate surface area is 158 Å². The van der Waals surface area contributed by atoms with Gasteiger partial charge in [0.25, 0.3) is 0 Å². The Hall–Kier alpha value is -2.82. The van der Waals surface area contributed by atoms with Crippen molar-refractivity contribution in [2.75, 3.05) is 0 Å². The molecule has 0 fully saturated rings. The summed E-state index contributed by atoms with van der Waals surface area (Å²) in [5.41, 5.74) is 3.94. The van der Waals surface area contributed by atoms with E-state index in [2.05, 4.69) is 28.2 Å². The van der Waals surface area contributed by atoms with Crippen LogP contribution in [0.2, 0.25) is 0 Å². The van der Waals surface area contributed by atoms with E-state index in [4.69, 9.17) is 9.47 Å². The zero-order valence-electron chi connectivity index (χ0n) is 16.1. The van der Waals surface area contributed by atoms with Gasteiger partial charge in [0.05, 0.1) is 5.56 Å². The zero-order valence-corrected chi connectivity index (χ0v) is 16.1. The van der Waals surface area contributed by atoms with Gasteiger partial charge >= 0.3 is 5.97 Å². The number of pyridine rings is 1. The molecule has 0 spiro atoms. The lowest BCUT2D eigenvalue weighted by Crippen LogP contribution is -2.24. The van der Waals surface area contributed by atoms with Gasteiger partial charge in [0.2, 0.25) is 5.88 Å². The Bertz CT molecular complexity index is 1010. The first-order chi connectivity index (χ1) is 12.8. The summed E-state index contributed by atoms with van der Waals surface area (Å²) in [6, 6.07) is 12.1. The molecule has 0 saturated heterocycles. The van der Waals surface area contributed by atoms with Crippen molar-refractivity contribution in [3.8, 4) is 5.88 Å². The summed E-state index contributed by atoms with van der Waals surface area (Å²) < 4.78 is 11.7. The van der Waals surface area contributed by atoms with E-state index in [-0.39, 0.29) is 12.1 Å². The van der Waals surface area contributed by atoms with E-state index in [1.165, 1.54) is 11.1 Å². The van der Waals surface area contributed by atoms with Crippen molar-refractivity contribution >= 4 is 17.0 Å². The molecule has 1 N–H and O–H groups in total. The molecular formula is C22H24N2O3. The van der Waals surface area contributed by atoms with Crippen LogP contribution in [0.1, 0.15) is 60.5 Å². The van der Waals surface area contributed by atoms with E-state index in [9.17, 15) is 4.79 Å². The van der Waals surface area contributed by atoms with Crippen molar-refractivity contribution in [3.63, 3.8) is 0 Å². The van der Waals surface area contributed by atoms with E-state index >= 15 is 0 Å². The van der Waals surface area contributed by atoms with Crippen LogP contribution in [0.4, 0.5) is 0 Å². The Kier molecular flexibility index (Phi) is 4.17. The molecule has 5 heteroatoms. The van der Waals surface area contributed by atoms with E-state index in [1.807, 2.05) is 45.9 Å². The number of carbonyl (C=O) groups excluding carboxylic acids is 1. The van der Waals surface area contributed by atoms with E-state index in [1.54, 1.807) is 0 Å². The quantitative estimate of drug-likeness (QED) is 0.672. The third-order valence-corrected chi connectivity index (χ3v) is 4.76. The number of esters is 1. The van der Waals surface area contributed by atoms with Gasteiger partial charge in [-0.05, 0) is 57.7 Å². The van der Waals surface area contributed by atoms with Gasteiger partial charge in [-0.15, -0.1) is 0 Å². The van der Waals surface area contributed by atoms with Crippen molar-refractivity contribution in [2.45, 2.75) is 52.2 Å². The predicted octanol–water partition coefficient (Wildman–Crippen LogP) is 4.89. The van der Waals surface area contributed by atoms with Crippen molar-refractivity contribution in [1.29, 1.82) is 0 Å². The minimum absolute atomic E-state index is 0.0209. The number of carbonyl (C=O) groups is 1. The van der Waals surface area contributed by atoms with Crippen LogP contribution in [0.25, 0.3) is 11.0 Å². The van der Waals surface area contributed by atoms with Crippen LogP contribution in [0.3, 0.4) is 0 Å². The lowest BCUT2D eigenvalue weighted by atomic mass is 10.1. The normalized spacial score (nSPS) is 16.4. The third kappa shape index (κ3) is 3.42. The molecule has 4 rings (SSSR count). The third-order valence-electron chi connectivity index (χ3n) is 4.76. The molecule has 1 unspecified atom stereocenters. The summed E-state index contributed by atoms with van der Waals surface area (Å²) in [5.74, 6) is 0.215. The SMILES string of the molecule is Cc1[nH]c2nc(OC3CCc4ccccc43)ccc2c1C(=O)OC(C)(C)C. The number of aryl methyl sites for hydroxylation is 2. The van der Waals surface area contributed by atoms with Crippen LogP contribution in [0.5, 0.6) is 5.88 Å². The molecule has 0 radical (unpaired) electrons. The average Bonchev–Trinajstić information content (AvgIpc) is 3.13. The molecule has 1 atom stereocenters. The summed E-state index contributed by atoms with van der Waals surface area (Å²) in [4.78, 5) is 20.3. The maximum atomic E-state index is 12.6. The molecular weight excluding hydrogens is 340 g/mol. The van der Waals surface area contributed by atoms with E-state index < -0.39 is 5.60 Å². The van der Waals surface area contributed by atoms with Gasteiger partial charge in [-0.25, -0.2) is 4.79 Å². The first-order valence-corrected chi connectivity index (χ1v) is 9.29. The topological polar surface area (TPSA) is 64.2 Å². The van der Waals surface area contributed by atoms with Crippen LogP contribution >= 0.6 is 0 Å². The van der Waals surface area contributed by atoms with Gasteiger partial charge in [0.1, 0.15) is 17.4 Å². The van der Waals surface area contributed by atoms with Crippen molar-refractivity contribution in [1.82, 2.24) is 9.97 Å².